The Morgan fingerprint density at radius 1 is 1.03 bits per heavy atom. The van der Waals surface area contributed by atoms with E-state index in [1.807, 2.05) is 12.1 Å². The number of aryl methyl sites for hydroxylation is 1. The third kappa shape index (κ3) is 7.33. The van der Waals surface area contributed by atoms with Gasteiger partial charge in [-0.05, 0) is 55.7 Å². The summed E-state index contributed by atoms with van der Waals surface area (Å²) in [7, 11) is 0. The predicted octanol–water partition coefficient (Wildman–Crippen LogP) is 6.02. The number of benzene rings is 2. The average molecular weight is 426 g/mol. The Kier molecular flexibility index (Phi) is 9.40. The number of ketones is 1. The number of ether oxygens (including phenoxy) is 1. The van der Waals surface area contributed by atoms with Crippen LogP contribution in [0, 0.1) is 10.1 Å². The van der Waals surface area contributed by atoms with Crippen LogP contribution in [-0.2, 0) is 6.42 Å². The molecule has 1 unspecified atom stereocenters. The molecule has 0 bridgehead atoms. The predicted molar refractivity (Wildman–Crippen MR) is 121 cm³/mol. The van der Waals surface area contributed by atoms with Gasteiger partial charge in [0.05, 0.1) is 4.92 Å². The molecule has 0 radical (unpaired) electrons. The number of non-ortho nitro benzene ring substituents is 1. The number of nitrogens with zero attached hydrogens (tertiary/aromatic N) is 1. The summed E-state index contributed by atoms with van der Waals surface area (Å²) in [4.78, 5) is 23.1. The SMILES string of the molecule is CC=CC(O)(Oc1ccc(CCCCCCCC)cc1)C(=O)c1ccc([N+](=O)[O-])cc1. The maximum Gasteiger partial charge on any atom is 0.292 e. The summed E-state index contributed by atoms with van der Waals surface area (Å²) < 4.78 is 5.65. The van der Waals surface area contributed by atoms with Gasteiger partial charge in [0.25, 0.3) is 11.5 Å². The molecule has 0 aliphatic rings. The fourth-order valence-electron chi connectivity index (χ4n) is 3.34. The van der Waals surface area contributed by atoms with Crippen LogP contribution in [0.3, 0.4) is 0 Å². The Balaban J connectivity index is 2.02. The first-order valence-corrected chi connectivity index (χ1v) is 10.8. The average Bonchev–Trinajstić information content (AvgIpc) is 2.77. The van der Waals surface area contributed by atoms with Crippen LogP contribution >= 0.6 is 0 Å². The number of allylic oxidation sites excluding steroid dienone is 1. The van der Waals surface area contributed by atoms with E-state index in [0.717, 1.165) is 12.8 Å². The molecule has 2 aromatic carbocycles. The lowest BCUT2D eigenvalue weighted by molar-refractivity contribution is -0.384. The van der Waals surface area contributed by atoms with Crippen LogP contribution in [0.25, 0.3) is 0 Å². The van der Waals surface area contributed by atoms with Crippen LogP contribution < -0.4 is 4.74 Å². The molecule has 6 heteroatoms. The topological polar surface area (TPSA) is 89.7 Å². The maximum absolute atomic E-state index is 12.9. The van der Waals surface area contributed by atoms with Crippen LogP contribution in [0.1, 0.15) is 68.3 Å². The first kappa shape index (κ1) is 24.3. The molecule has 166 valence electrons. The largest absolute Gasteiger partial charge is 0.451 e. The number of hydrogen-bond donors (Lipinski definition) is 1. The summed E-state index contributed by atoms with van der Waals surface area (Å²) in [5.41, 5.74) is 1.16. The van der Waals surface area contributed by atoms with Crippen molar-refractivity contribution in [3.05, 3.63) is 81.9 Å². The molecule has 0 aliphatic heterocycles. The van der Waals surface area contributed by atoms with E-state index in [9.17, 15) is 20.0 Å². The van der Waals surface area contributed by atoms with Gasteiger partial charge in [-0.25, -0.2) is 0 Å². The number of carbonyl (C=O) groups excluding carboxylic acids is 1. The quantitative estimate of drug-likeness (QED) is 0.106. The monoisotopic (exact) mass is 425 g/mol. The van der Waals surface area contributed by atoms with Crippen molar-refractivity contribution in [2.24, 2.45) is 0 Å². The molecular weight excluding hydrogens is 394 g/mol. The number of aliphatic hydroxyl groups is 1. The molecule has 6 nitrogen and oxygen atoms in total. The molecule has 0 saturated carbocycles. The molecule has 0 amide bonds. The lowest BCUT2D eigenvalue weighted by Crippen LogP contribution is -2.42. The summed E-state index contributed by atoms with van der Waals surface area (Å²) in [6.07, 6.45) is 11.2. The molecule has 0 heterocycles. The lowest BCUT2D eigenvalue weighted by Gasteiger charge is -2.24. The number of hydrogen-bond acceptors (Lipinski definition) is 5. The minimum absolute atomic E-state index is 0.117. The molecule has 0 saturated heterocycles. The summed E-state index contributed by atoms with van der Waals surface area (Å²) in [5, 5.41) is 21.7. The van der Waals surface area contributed by atoms with Crippen molar-refractivity contribution in [3.8, 4) is 5.75 Å². The van der Waals surface area contributed by atoms with Gasteiger partial charge in [-0.15, -0.1) is 0 Å². The second kappa shape index (κ2) is 12.0. The van der Waals surface area contributed by atoms with E-state index in [4.69, 9.17) is 4.74 Å². The Morgan fingerprint density at radius 3 is 2.23 bits per heavy atom. The smallest absolute Gasteiger partial charge is 0.292 e. The summed E-state index contributed by atoms with van der Waals surface area (Å²) in [5.74, 6) is -2.54. The van der Waals surface area contributed by atoms with Gasteiger partial charge in [-0.1, -0.05) is 57.2 Å². The van der Waals surface area contributed by atoms with Crippen molar-refractivity contribution < 1.29 is 19.6 Å². The first-order chi connectivity index (χ1) is 14.9. The van der Waals surface area contributed by atoms with Crippen molar-refractivity contribution in [2.75, 3.05) is 0 Å². The van der Waals surface area contributed by atoms with E-state index >= 15 is 0 Å². The van der Waals surface area contributed by atoms with Crippen LogP contribution in [-0.4, -0.2) is 21.6 Å². The van der Waals surface area contributed by atoms with Gasteiger partial charge in [0, 0.05) is 17.7 Å². The Labute approximate surface area is 183 Å². The zero-order valence-electron chi connectivity index (χ0n) is 18.3. The molecule has 0 aliphatic carbocycles. The Bertz CT molecular complexity index is 874. The van der Waals surface area contributed by atoms with E-state index in [0.29, 0.717) is 5.75 Å². The highest BCUT2D eigenvalue weighted by atomic mass is 16.6. The summed E-state index contributed by atoms with van der Waals surface area (Å²) in [6.45, 7) is 3.88. The molecule has 0 fully saturated rings. The van der Waals surface area contributed by atoms with Gasteiger partial charge in [-0.2, -0.15) is 0 Å². The third-order valence-corrected chi connectivity index (χ3v) is 5.07. The molecule has 1 atom stereocenters. The fourth-order valence-corrected chi connectivity index (χ4v) is 3.34. The minimum Gasteiger partial charge on any atom is -0.451 e. The number of nitro benzene ring substituents is 1. The number of nitro groups is 1. The number of unbranched alkanes of at least 4 members (excludes halogenated alkanes) is 5. The standard InChI is InChI=1S/C25H31NO5/c1-3-5-6-7-8-9-10-20-11-17-23(18-12-20)31-25(28,19-4-2)24(27)21-13-15-22(16-14-21)26(29)30/h4,11-19,28H,3,5-10H2,1-2H3. The molecule has 2 aromatic rings. The highest BCUT2D eigenvalue weighted by molar-refractivity contribution is 6.03. The van der Waals surface area contributed by atoms with Crippen molar-refractivity contribution >= 4 is 11.5 Å². The van der Waals surface area contributed by atoms with Crippen molar-refractivity contribution in [1.29, 1.82) is 0 Å². The van der Waals surface area contributed by atoms with Gasteiger partial charge in [-0.3, -0.25) is 14.9 Å². The molecular formula is C25H31NO5. The second-order valence-corrected chi connectivity index (χ2v) is 7.59. The molecule has 2 rings (SSSR count). The third-order valence-electron chi connectivity index (χ3n) is 5.07. The van der Waals surface area contributed by atoms with Crippen LogP contribution in [0.15, 0.2) is 60.7 Å². The van der Waals surface area contributed by atoms with E-state index in [1.165, 1.54) is 74.1 Å². The zero-order chi connectivity index (χ0) is 22.7. The van der Waals surface area contributed by atoms with Crippen LogP contribution in [0.2, 0.25) is 0 Å². The molecule has 1 N–H and O–H groups in total. The summed E-state index contributed by atoms with van der Waals surface area (Å²) >= 11 is 0. The highest BCUT2D eigenvalue weighted by Gasteiger charge is 2.36. The number of Topliss-reactive ketones (excluding diaryl/α,β-unsaturated/α-hetero) is 1. The van der Waals surface area contributed by atoms with E-state index in [2.05, 4.69) is 6.92 Å². The number of rotatable bonds is 13. The van der Waals surface area contributed by atoms with Crippen molar-refractivity contribution in [1.82, 2.24) is 0 Å². The minimum atomic E-state index is -2.20. The van der Waals surface area contributed by atoms with Gasteiger partial charge in [0.2, 0.25) is 5.78 Å². The van der Waals surface area contributed by atoms with Crippen LogP contribution in [0.4, 0.5) is 5.69 Å². The fraction of sp³-hybridized carbons (Fsp3) is 0.400. The van der Waals surface area contributed by atoms with E-state index < -0.39 is 16.5 Å². The zero-order valence-corrected chi connectivity index (χ0v) is 18.3. The highest BCUT2D eigenvalue weighted by Crippen LogP contribution is 2.24. The second-order valence-electron chi connectivity index (χ2n) is 7.59. The van der Waals surface area contributed by atoms with Gasteiger partial charge >= 0.3 is 0 Å². The van der Waals surface area contributed by atoms with E-state index in [-0.39, 0.29) is 11.3 Å². The Hall–Kier alpha value is -2.99. The van der Waals surface area contributed by atoms with Crippen molar-refractivity contribution in [2.45, 2.75) is 64.6 Å². The van der Waals surface area contributed by atoms with Gasteiger partial charge in [0.1, 0.15) is 5.75 Å². The molecule has 31 heavy (non-hydrogen) atoms. The maximum atomic E-state index is 12.9. The lowest BCUT2D eigenvalue weighted by atomic mass is 10.0. The van der Waals surface area contributed by atoms with Gasteiger partial charge in [0.15, 0.2) is 0 Å². The van der Waals surface area contributed by atoms with Gasteiger partial charge < -0.3 is 9.84 Å². The van der Waals surface area contributed by atoms with Crippen LogP contribution in [0.5, 0.6) is 5.75 Å². The molecule has 0 spiro atoms. The summed E-state index contributed by atoms with van der Waals surface area (Å²) in [6, 6.07) is 12.4. The van der Waals surface area contributed by atoms with Crippen molar-refractivity contribution in [3.63, 3.8) is 0 Å². The molecule has 0 aromatic heterocycles. The number of carbonyl (C=O) groups is 1. The first-order valence-electron chi connectivity index (χ1n) is 10.8. The van der Waals surface area contributed by atoms with E-state index in [1.54, 1.807) is 19.1 Å². The normalized spacial score (nSPS) is 13.1. The Morgan fingerprint density at radius 2 is 1.65 bits per heavy atom.